The van der Waals surface area contributed by atoms with E-state index in [-0.39, 0.29) is 24.6 Å². The van der Waals surface area contributed by atoms with Gasteiger partial charge in [-0.2, -0.15) is 0 Å². The molecule has 1 N–H and O–H groups in total. The fourth-order valence-corrected chi connectivity index (χ4v) is 1.68. The highest BCUT2D eigenvalue weighted by molar-refractivity contribution is 5.94. The maximum absolute atomic E-state index is 12.0. The van der Waals surface area contributed by atoms with Gasteiger partial charge in [-0.05, 0) is 18.9 Å². The molecule has 5 nitrogen and oxygen atoms in total. The third kappa shape index (κ3) is 6.92. The fourth-order valence-electron chi connectivity index (χ4n) is 1.68. The number of unbranched alkanes of at least 4 members (excludes halogenated alkanes) is 1. The van der Waals surface area contributed by atoms with Gasteiger partial charge in [-0.15, -0.1) is 0 Å². The summed E-state index contributed by atoms with van der Waals surface area (Å²) >= 11 is 0. The van der Waals surface area contributed by atoms with E-state index in [4.69, 9.17) is 9.47 Å². The smallest absolute Gasteiger partial charge is 0.358 e. The number of nitrogens with one attached hydrogen (secondary N) is 1. The highest BCUT2D eigenvalue weighted by Gasteiger charge is 2.15. The Labute approximate surface area is 131 Å². The van der Waals surface area contributed by atoms with Crippen molar-refractivity contribution >= 4 is 11.9 Å². The molecule has 0 atom stereocenters. The number of carbonyl (C=O) groups is 2. The number of ether oxygens (including phenoxy) is 2. The lowest BCUT2D eigenvalue weighted by Gasteiger charge is -2.09. The molecular weight excluding hydrogens is 282 g/mol. The van der Waals surface area contributed by atoms with E-state index in [0.717, 1.165) is 18.4 Å². The van der Waals surface area contributed by atoms with Gasteiger partial charge in [0.2, 0.25) is 5.91 Å². The Morgan fingerprint density at radius 1 is 1.18 bits per heavy atom. The third-order valence-electron chi connectivity index (χ3n) is 2.79. The van der Waals surface area contributed by atoms with Gasteiger partial charge >= 0.3 is 5.97 Å². The first-order valence-electron chi connectivity index (χ1n) is 7.50. The summed E-state index contributed by atoms with van der Waals surface area (Å²) < 4.78 is 10.2. The van der Waals surface area contributed by atoms with E-state index in [2.05, 4.69) is 5.32 Å². The van der Waals surface area contributed by atoms with E-state index in [9.17, 15) is 9.59 Å². The summed E-state index contributed by atoms with van der Waals surface area (Å²) in [6, 6.07) is 9.31. The molecule has 120 valence electrons. The first-order chi connectivity index (χ1) is 10.7. The summed E-state index contributed by atoms with van der Waals surface area (Å²) in [5.74, 6) is -0.884. The van der Waals surface area contributed by atoms with Gasteiger partial charge < -0.3 is 14.8 Å². The number of hydrogen-bond acceptors (Lipinski definition) is 4. The zero-order valence-electron chi connectivity index (χ0n) is 13.1. The fraction of sp³-hybridized carbons (Fsp3) is 0.412. The maximum atomic E-state index is 12.0. The quantitative estimate of drug-likeness (QED) is 0.329. The molecule has 22 heavy (non-hydrogen) atoms. The average molecular weight is 305 g/mol. The molecule has 1 aromatic rings. The summed E-state index contributed by atoms with van der Waals surface area (Å²) in [5, 5.41) is 2.55. The number of esters is 1. The molecule has 0 saturated carbocycles. The summed E-state index contributed by atoms with van der Waals surface area (Å²) in [6.45, 7) is 4.48. The summed E-state index contributed by atoms with van der Waals surface area (Å²) in [7, 11) is 0. The van der Waals surface area contributed by atoms with Crippen LogP contribution in [-0.2, 0) is 25.5 Å². The van der Waals surface area contributed by atoms with Gasteiger partial charge in [-0.1, -0.05) is 43.7 Å². The standard InChI is InChI=1S/C17H23NO4/c1-3-5-11-21-13-15(17(20)22-4-2)18-16(19)12-14-9-7-6-8-10-14/h6-10,13H,3-5,11-12H2,1-2H3,(H,18,19)/b15-13-. The summed E-state index contributed by atoms with van der Waals surface area (Å²) in [6.07, 6.45) is 3.32. The van der Waals surface area contributed by atoms with Gasteiger partial charge in [-0.25, -0.2) is 4.79 Å². The van der Waals surface area contributed by atoms with Crippen LogP contribution in [0.4, 0.5) is 0 Å². The normalized spacial score (nSPS) is 10.9. The molecule has 0 fully saturated rings. The first-order valence-corrected chi connectivity index (χ1v) is 7.50. The van der Waals surface area contributed by atoms with Gasteiger partial charge in [-0.3, -0.25) is 4.79 Å². The van der Waals surface area contributed by atoms with Crippen LogP contribution in [0.3, 0.4) is 0 Å². The molecule has 0 bridgehead atoms. The summed E-state index contributed by atoms with van der Waals surface area (Å²) in [4.78, 5) is 23.8. The topological polar surface area (TPSA) is 64.6 Å². The lowest BCUT2D eigenvalue weighted by atomic mass is 10.1. The first kappa shape index (κ1) is 17.8. The molecule has 0 aliphatic heterocycles. The van der Waals surface area contributed by atoms with Crippen LogP contribution in [0.5, 0.6) is 0 Å². The van der Waals surface area contributed by atoms with Gasteiger partial charge in [0.15, 0.2) is 5.70 Å². The van der Waals surface area contributed by atoms with Crippen LogP contribution in [0.25, 0.3) is 0 Å². The van der Waals surface area contributed by atoms with Crippen molar-refractivity contribution in [1.29, 1.82) is 0 Å². The Morgan fingerprint density at radius 3 is 2.55 bits per heavy atom. The van der Waals surface area contributed by atoms with Gasteiger partial charge in [0.05, 0.1) is 19.6 Å². The molecule has 0 unspecified atom stereocenters. The van der Waals surface area contributed by atoms with E-state index < -0.39 is 5.97 Å². The molecule has 0 heterocycles. The second-order valence-electron chi connectivity index (χ2n) is 4.69. The number of rotatable bonds is 9. The van der Waals surface area contributed by atoms with Crippen molar-refractivity contribution in [2.45, 2.75) is 33.1 Å². The second-order valence-corrected chi connectivity index (χ2v) is 4.69. The Bertz CT molecular complexity index is 497. The van der Waals surface area contributed by atoms with E-state index in [0.29, 0.717) is 6.61 Å². The molecule has 0 radical (unpaired) electrons. The van der Waals surface area contributed by atoms with E-state index in [1.165, 1.54) is 6.26 Å². The monoisotopic (exact) mass is 305 g/mol. The van der Waals surface area contributed by atoms with E-state index >= 15 is 0 Å². The third-order valence-corrected chi connectivity index (χ3v) is 2.79. The highest BCUT2D eigenvalue weighted by atomic mass is 16.5. The molecule has 0 aliphatic carbocycles. The molecule has 1 rings (SSSR count). The predicted octanol–water partition coefficient (Wildman–Crippen LogP) is 2.57. The molecule has 0 aromatic heterocycles. The molecule has 5 heteroatoms. The minimum absolute atomic E-state index is 0.0267. The van der Waals surface area contributed by atoms with Crippen LogP contribution in [-0.4, -0.2) is 25.1 Å². The van der Waals surface area contributed by atoms with Crippen molar-refractivity contribution in [1.82, 2.24) is 5.32 Å². The van der Waals surface area contributed by atoms with Crippen molar-refractivity contribution in [2.24, 2.45) is 0 Å². The predicted molar refractivity (Wildman–Crippen MR) is 83.9 cm³/mol. The van der Waals surface area contributed by atoms with Gasteiger partial charge in [0.25, 0.3) is 0 Å². The second kappa shape index (κ2) is 10.4. The Kier molecular flexibility index (Phi) is 8.42. The minimum Gasteiger partial charge on any atom is -0.499 e. The van der Waals surface area contributed by atoms with E-state index in [1.807, 2.05) is 37.3 Å². The molecule has 0 aliphatic rings. The Hall–Kier alpha value is -2.30. The maximum Gasteiger partial charge on any atom is 0.358 e. The minimum atomic E-state index is -0.597. The number of carbonyl (C=O) groups excluding carboxylic acids is 2. The van der Waals surface area contributed by atoms with Crippen LogP contribution < -0.4 is 5.32 Å². The number of hydrogen-bond donors (Lipinski definition) is 1. The molecule has 1 amide bonds. The van der Waals surface area contributed by atoms with Crippen LogP contribution >= 0.6 is 0 Å². The molecule has 1 aromatic carbocycles. The van der Waals surface area contributed by atoms with Crippen LogP contribution in [0, 0.1) is 0 Å². The zero-order valence-corrected chi connectivity index (χ0v) is 13.1. The number of amides is 1. The Balaban J connectivity index is 2.62. The highest BCUT2D eigenvalue weighted by Crippen LogP contribution is 2.02. The van der Waals surface area contributed by atoms with Crippen molar-refractivity contribution in [3.8, 4) is 0 Å². The van der Waals surface area contributed by atoms with Crippen molar-refractivity contribution in [3.63, 3.8) is 0 Å². The lowest BCUT2D eigenvalue weighted by molar-refractivity contribution is -0.140. The number of benzene rings is 1. The van der Waals surface area contributed by atoms with Crippen LogP contribution in [0.15, 0.2) is 42.3 Å². The molecular formula is C17H23NO4. The van der Waals surface area contributed by atoms with Gasteiger partial charge in [0.1, 0.15) is 6.26 Å². The van der Waals surface area contributed by atoms with Crippen LogP contribution in [0.2, 0.25) is 0 Å². The van der Waals surface area contributed by atoms with E-state index in [1.54, 1.807) is 6.92 Å². The van der Waals surface area contributed by atoms with Crippen LogP contribution in [0.1, 0.15) is 32.3 Å². The Morgan fingerprint density at radius 2 is 1.91 bits per heavy atom. The zero-order chi connectivity index (χ0) is 16.2. The molecule has 0 spiro atoms. The SMILES string of the molecule is CCCCO/C=C(\NC(=O)Cc1ccccc1)C(=O)OCC. The van der Waals surface area contributed by atoms with Crippen molar-refractivity contribution < 1.29 is 19.1 Å². The molecule has 0 saturated heterocycles. The largest absolute Gasteiger partial charge is 0.499 e. The van der Waals surface area contributed by atoms with Crippen molar-refractivity contribution in [2.75, 3.05) is 13.2 Å². The average Bonchev–Trinajstić information content (AvgIpc) is 2.51. The summed E-state index contributed by atoms with van der Waals surface area (Å²) in [5.41, 5.74) is 0.897. The van der Waals surface area contributed by atoms with Gasteiger partial charge in [0, 0.05) is 0 Å². The van der Waals surface area contributed by atoms with Crippen molar-refractivity contribution in [3.05, 3.63) is 47.9 Å². The lowest BCUT2D eigenvalue weighted by Crippen LogP contribution is -2.30.